The Hall–Kier alpha value is -1.71. The van der Waals surface area contributed by atoms with Crippen LogP contribution in [0.3, 0.4) is 0 Å². The van der Waals surface area contributed by atoms with Crippen LogP contribution < -0.4 is 10.6 Å². The number of carbonyl (C=O) groups is 1. The van der Waals surface area contributed by atoms with Gasteiger partial charge in [-0.05, 0) is 18.6 Å². The van der Waals surface area contributed by atoms with Crippen molar-refractivity contribution in [2.45, 2.75) is 19.8 Å². The normalized spacial score (nSPS) is 13.2. The Bertz CT molecular complexity index is 431. The number of benzene rings is 1. The summed E-state index contributed by atoms with van der Waals surface area (Å²) in [5, 5.41) is 6.62. The Balaban J connectivity index is 2.19. The third kappa shape index (κ3) is 2.58. The summed E-state index contributed by atoms with van der Waals surface area (Å²) >= 11 is 0. The van der Waals surface area contributed by atoms with Gasteiger partial charge in [0, 0.05) is 26.7 Å². The lowest BCUT2D eigenvalue weighted by molar-refractivity contribution is 0.0794. The molecule has 0 aliphatic carbocycles. The summed E-state index contributed by atoms with van der Waals surface area (Å²) in [5.41, 5.74) is 2.73. The number of anilines is 2. The number of para-hydroxylation sites is 1. The smallest absolute Gasteiger partial charge is 0.255 e. The summed E-state index contributed by atoms with van der Waals surface area (Å²) < 4.78 is 0. The Kier molecular flexibility index (Phi) is 4.07. The SMILES string of the molecule is CCCCN(C)C(=O)c1cccc2c1NCCN2. The maximum absolute atomic E-state index is 12.4. The highest BCUT2D eigenvalue weighted by Crippen LogP contribution is 2.29. The lowest BCUT2D eigenvalue weighted by atomic mass is 10.1. The van der Waals surface area contributed by atoms with Crippen molar-refractivity contribution >= 4 is 17.3 Å². The Morgan fingerprint density at radius 3 is 2.89 bits per heavy atom. The second kappa shape index (κ2) is 5.76. The van der Waals surface area contributed by atoms with Crippen molar-refractivity contribution < 1.29 is 4.79 Å². The van der Waals surface area contributed by atoms with Gasteiger partial charge in [-0.1, -0.05) is 19.4 Å². The highest BCUT2D eigenvalue weighted by molar-refractivity contribution is 6.02. The molecule has 0 aromatic heterocycles. The zero-order chi connectivity index (χ0) is 13.0. The van der Waals surface area contributed by atoms with Crippen molar-refractivity contribution in [1.82, 2.24) is 4.90 Å². The molecule has 0 spiro atoms. The second-order valence-corrected chi connectivity index (χ2v) is 4.66. The molecule has 98 valence electrons. The van der Waals surface area contributed by atoms with Crippen molar-refractivity contribution in [3.05, 3.63) is 23.8 Å². The molecule has 0 atom stereocenters. The van der Waals surface area contributed by atoms with Crippen LogP contribution in [0.15, 0.2) is 18.2 Å². The van der Waals surface area contributed by atoms with Gasteiger partial charge in [0.2, 0.25) is 0 Å². The van der Waals surface area contributed by atoms with Crippen LogP contribution in [-0.2, 0) is 0 Å². The highest BCUT2D eigenvalue weighted by Gasteiger charge is 2.19. The first-order valence-electron chi connectivity index (χ1n) is 6.60. The van der Waals surface area contributed by atoms with Gasteiger partial charge in [-0.3, -0.25) is 4.79 Å². The number of nitrogens with one attached hydrogen (secondary N) is 2. The lowest BCUT2D eigenvalue weighted by Crippen LogP contribution is -2.30. The maximum atomic E-state index is 12.4. The minimum Gasteiger partial charge on any atom is -0.382 e. The summed E-state index contributed by atoms with van der Waals surface area (Å²) in [7, 11) is 1.87. The molecule has 0 radical (unpaired) electrons. The van der Waals surface area contributed by atoms with Gasteiger partial charge < -0.3 is 15.5 Å². The lowest BCUT2D eigenvalue weighted by Gasteiger charge is -2.24. The van der Waals surface area contributed by atoms with Gasteiger partial charge >= 0.3 is 0 Å². The van der Waals surface area contributed by atoms with E-state index in [9.17, 15) is 4.79 Å². The van der Waals surface area contributed by atoms with Crippen molar-refractivity contribution in [2.75, 3.05) is 37.3 Å². The van der Waals surface area contributed by atoms with Crippen LogP contribution in [-0.4, -0.2) is 37.5 Å². The van der Waals surface area contributed by atoms with Crippen LogP contribution >= 0.6 is 0 Å². The maximum Gasteiger partial charge on any atom is 0.255 e. The average molecular weight is 247 g/mol. The van der Waals surface area contributed by atoms with Gasteiger partial charge in [-0.2, -0.15) is 0 Å². The van der Waals surface area contributed by atoms with E-state index in [-0.39, 0.29) is 5.91 Å². The first-order chi connectivity index (χ1) is 8.74. The fraction of sp³-hybridized carbons (Fsp3) is 0.500. The molecule has 0 saturated carbocycles. The Labute approximate surface area is 108 Å². The zero-order valence-corrected chi connectivity index (χ0v) is 11.1. The summed E-state index contributed by atoms with van der Waals surface area (Å²) in [4.78, 5) is 14.2. The van der Waals surface area contributed by atoms with Crippen LogP contribution in [0.5, 0.6) is 0 Å². The number of fused-ring (bicyclic) bond motifs is 1. The van der Waals surface area contributed by atoms with E-state index in [2.05, 4.69) is 17.6 Å². The van der Waals surface area contributed by atoms with Gasteiger partial charge in [-0.15, -0.1) is 0 Å². The van der Waals surface area contributed by atoms with E-state index < -0.39 is 0 Å². The molecule has 0 unspecified atom stereocenters. The molecule has 1 aromatic carbocycles. The molecule has 2 rings (SSSR count). The quantitative estimate of drug-likeness (QED) is 0.858. The molecule has 18 heavy (non-hydrogen) atoms. The number of rotatable bonds is 4. The van der Waals surface area contributed by atoms with Gasteiger partial charge in [-0.25, -0.2) is 0 Å². The van der Waals surface area contributed by atoms with Crippen molar-refractivity contribution in [1.29, 1.82) is 0 Å². The molecule has 4 heteroatoms. The molecular weight excluding hydrogens is 226 g/mol. The van der Waals surface area contributed by atoms with Crippen LogP contribution in [0.4, 0.5) is 11.4 Å². The fourth-order valence-electron chi connectivity index (χ4n) is 2.16. The number of amides is 1. The number of carbonyl (C=O) groups excluding carboxylic acids is 1. The topological polar surface area (TPSA) is 44.4 Å². The third-order valence-corrected chi connectivity index (χ3v) is 3.23. The number of hydrogen-bond donors (Lipinski definition) is 2. The van der Waals surface area contributed by atoms with Crippen LogP contribution in [0.25, 0.3) is 0 Å². The van der Waals surface area contributed by atoms with Crippen molar-refractivity contribution in [2.24, 2.45) is 0 Å². The molecule has 1 aliphatic rings. The minimum atomic E-state index is 0.0940. The van der Waals surface area contributed by atoms with E-state index in [1.165, 1.54) is 0 Å². The molecular formula is C14H21N3O. The molecule has 1 heterocycles. The monoisotopic (exact) mass is 247 g/mol. The largest absolute Gasteiger partial charge is 0.382 e. The van der Waals surface area contributed by atoms with E-state index in [4.69, 9.17) is 0 Å². The molecule has 1 aliphatic heterocycles. The van der Waals surface area contributed by atoms with E-state index in [0.717, 1.165) is 49.4 Å². The highest BCUT2D eigenvalue weighted by atomic mass is 16.2. The second-order valence-electron chi connectivity index (χ2n) is 4.66. The molecule has 0 saturated heterocycles. The standard InChI is InChI=1S/C14H21N3O/c1-3-4-10-17(2)14(18)11-6-5-7-12-13(11)16-9-8-15-12/h5-7,15-16H,3-4,8-10H2,1-2H3. The molecule has 2 N–H and O–H groups in total. The number of hydrogen-bond acceptors (Lipinski definition) is 3. The van der Waals surface area contributed by atoms with E-state index in [1.807, 2.05) is 25.2 Å². The molecule has 0 fully saturated rings. The van der Waals surface area contributed by atoms with Gasteiger partial charge in [0.1, 0.15) is 0 Å². The Morgan fingerprint density at radius 1 is 1.33 bits per heavy atom. The fourth-order valence-corrected chi connectivity index (χ4v) is 2.16. The summed E-state index contributed by atoms with van der Waals surface area (Å²) in [6, 6.07) is 5.83. The zero-order valence-electron chi connectivity index (χ0n) is 11.1. The summed E-state index contributed by atoms with van der Waals surface area (Å²) in [6.45, 7) is 4.70. The van der Waals surface area contributed by atoms with Gasteiger partial charge in [0.15, 0.2) is 0 Å². The third-order valence-electron chi connectivity index (χ3n) is 3.23. The first kappa shape index (κ1) is 12.7. The average Bonchev–Trinajstić information content (AvgIpc) is 2.43. The van der Waals surface area contributed by atoms with Crippen molar-refractivity contribution in [3.63, 3.8) is 0 Å². The summed E-state index contributed by atoms with van der Waals surface area (Å²) in [5.74, 6) is 0.0940. The van der Waals surface area contributed by atoms with Crippen LogP contribution in [0.2, 0.25) is 0 Å². The molecule has 0 bridgehead atoms. The predicted octanol–water partition coefficient (Wildman–Crippen LogP) is 2.40. The van der Waals surface area contributed by atoms with E-state index in [0.29, 0.717) is 0 Å². The predicted molar refractivity (Wildman–Crippen MR) is 75.3 cm³/mol. The van der Waals surface area contributed by atoms with Gasteiger partial charge in [0.25, 0.3) is 5.91 Å². The minimum absolute atomic E-state index is 0.0940. The number of unbranched alkanes of at least 4 members (excludes halogenated alkanes) is 1. The van der Waals surface area contributed by atoms with E-state index in [1.54, 1.807) is 4.90 Å². The molecule has 1 aromatic rings. The van der Waals surface area contributed by atoms with Crippen LogP contribution in [0, 0.1) is 0 Å². The van der Waals surface area contributed by atoms with Gasteiger partial charge in [0.05, 0.1) is 16.9 Å². The molecule has 4 nitrogen and oxygen atoms in total. The Morgan fingerprint density at radius 2 is 2.11 bits per heavy atom. The summed E-state index contributed by atoms with van der Waals surface area (Å²) in [6.07, 6.45) is 2.15. The van der Waals surface area contributed by atoms with Crippen LogP contribution in [0.1, 0.15) is 30.1 Å². The number of nitrogens with zero attached hydrogens (tertiary/aromatic N) is 1. The van der Waals surface area contributed by atoms with Crippen molar-refractivity contribution in [3.8, 4) is 0 Å². The van der Waals surface area contributed by atoms with E-state index >= 15 is 0 Å². The molecule has 1 amide bonds. The first-order valence-corrected chi connectivity index (χ1v) is 6.60.